The number of ether oxygens (including phenoxy) is 1. The average Bonchev–Trinajstić information content (AvgIpc) is 3.12. The molecule has 2 N–H and O–H groups in total. The quantitative estimate of drug-likeness (QED) is 0.633. The van der Waals surface area contributed by atoms with E-state index < -0.39 is 17.9 Å². The molecule has 0 aliphatic rings. The van der Waals surface area contributed by atoms with Crippen LogP contribution < -0.4 is 5.32 Å². The maximum atomic E-state index is 12.5. The SMILES string of the molecule is C#Cc1ccc(C(=O)N[C@H](Cc2cnc[nH]2)C(=O)OC)c(C#C)c1. The first-order chi connectivity index (χ1) is 11.6. The number of carbonyl (C=O) groups is 2. The highest BCUT2D eigenvalue weighted by molar-refractivity contribution is 5.99. The molecule has 0 radical (unpaired) electrons. The molecule has 0 saturated carbocycles. The van der Waals surface area contributed by atoms with E-state index in [9.17, 15) is 9.59 Å². The van der Waals surface area contributed by atoms with Gasteiger partial charge in [-0.05, 0) is 18.2 Å². The third-order valence-corrected chi connectivity index (χ3v) is 3.36. The maximum Gasteiger partial charge on any atom is 0.328 e. The normalized spacial score (nSPS) is 11.0. The highest BCUT2D eigenvalue weighted by atomic mass is 16.5. The van der Waals surface area contributed by atoms with Crippen molar-refractivity contribution in [3.8, 4) is 24.7 Å². The molecule has 0 unspecified atom stereocenters. The number of terminal acetylenes is 2. The molecule has 1 atom stereocenters. The van der Waals surface area contributed by atoms with Gasteiger partial charge >= 0.3 is 5.97 Å². The van der Waals surface area contributed by atoms with Gasteiger partial charge in [0.05, 0.1) is 19.0 Å². The molecule has 0 spiro atoms. The van der Waals surface area contributed by atoms with Crippen LogP contribution >= 0.6 is 0 Å². The van der Waals surface area contributed by atoms with E-state index in [1.165, 1.54) is 19.5 Å². The van der Waals surface area contributed by atoms with Gasteiger partial charge in [0.2, 0.25) is 0 Å². The standard InChI is InChI=1S/C18H15N3O3/c1-4-12-6-7-15(13(5-2)8-12)17(22)21-16(18(23)24-3)9-14-10-19-11-20-14/h1-2,6-8,10-11,16H,9H2,3H3,(H,19,20)(H,21,22)/t16-/m1/s1. The second-order valence-electron chi connectivity index (χ2n) is 4.88. The van der Waals surface area contributed by atoms with E-state index >= 15 is 0 Å². The first-order valence-corrected chi connectivity index (χ1v) is 7.02. The summed E-state index contributed by atoms with van der Waals surface area (Å²) in [4.78, 5) is 31.2. The van der Waals surface area contributed by atoms with E-state index in [2.05, 4.69) is 27.1 Å². The van der Waals surface area contributed by atoms with Gasteiger partial charge in [-0.25, -0.2) is 9.78 Å². The Morgan fingerprint density at radius 2 is 2.17 bits per heavy atom. The lowest BCUT2D eigenvalue weighted by Gasteiger charge is -2.16. The van der Waals surface area contributed by atoms with Crippen LogP contribution in [0.4, 0.5) is 0 Å². The molecule has 24 heavy (non-hydrogen) atoms. The summed E-state index contributed by atoms with van der Waals surface area (Å²) in [5.74, 6) is 3.82. The Morgan fingerprint density at radius 3 is 2.75 bits per heavy atom. The van der Waals surface area contributed by atoms with Crippen LogP contribution in [0.25, 0.3) is 0 Å². The molecule has 1 aromatic heterocycles. The van der Waals surface area contributed by atoms with Crippen molar-refractivity contribution in [3.63, 3.8) is 0 Å². The number of aromatic nitrogens is 2. The number of carbonyl (C=O) groups excluding carboxylic acids is 2. The molecule has 1 heterocycles. The lowest BCUT2D eigenvalue weighted by atomic mass is 10.0. The largest absolute Gasteiger partial charge is 0.467 e. The van der Waals surface area contributed by atoms with Crippen LogP contribution in [0.1, 0.15) is 27.2 Å². The monoisotopic (exact) mass is 321 g/mol. The Hall–Kier alpha value is -3.51. The molecule has 1 aromatic carbocycles. The smallest absolute Gasteiger partial charge is 0.328 e. The Balaban J connectivity index is 2.23. The van der Waals surface area contributed by atoms with Crippen molar-refractivity contribution in [2.45, 2.75) is 12.5 Å². The molecule has 6 nitrogen and oxygen atoms in total. The number of nitrogens with one attached hydrogen (secondary N) is 2. The zero-order valence-corrected chi connectivity index (χ0v) is 13.0. The van der Waals surface area contributed by atoms with Crippen LogP contribution in [-0.2, 0) is 16.0 Å². The maximum absolute atomic E-state index is 12.5. The number of amides is 1. The number of benzene rings is 1. The van der Waals surface area contributed by atoms with Crippen LogP contribution in [0, 0.1) is 24.7 Å². The van der Waals surface area contributed by atoms with Crippen LogP contribution in [-0.4, -0.2) is 35.0 Å². The van der Waals surface area contributed by atoms with Gasteiger partial charge in [-0.15, -0.1) is 12.8 Å². The summed E-state index contributed by atoms with van der Waals surface area (Å²) < 4.78 is 4.74. The van der Waals surface area contributed by atoms with Crippen molar-refractivity contribution >= 4 is 11.9 Å². The van der Waals surface area contributed by atoms with Gasteiger partial charge in [-0.1, -0.05) is 11.8 Å². The van der Waals surface area contributed by atoms with Crippen LogP contribution in [0.3, 0.4) is 0 Å². The second-order valence-corrected chi connectivity index (χ2v) is 4.88. The van der Waals surface area contributed by atoms with Gasteiger partial charge in [0.25, 0.3) is 5.91 Å². The van der Waals surface area contributed by atoms with Crippen molar-refractivity contribution in [2.24, 2.45) is 0 Å². The Morgan fingerprint density at radius 1 is 1.38 bits per heavy atom. The number of H-pyrrole nitrogens is 1. The van der Waals surface area contributed by atoms with Crippen molar-refractivity contribution in [3.05, 3.63) is 53.1 Å². The number of hydrogen-bond acceptors (Lipinski definition) is 4. The van der Waals surface area contributed by atoms with Gasteiger partial charge in [0.1, 0.15) is 6.04 Å². The molecule has 2 aromatic rings. The van der Waals surface area contributed by atoms with Crippen LogP contribution in [0.2, 0.25) is 0 Å². The molecular weight excluding hydrogens is 306 g/mol. The molecule has 0 saturated heterocycles. The number of methoxy groups -OCH3 is 1. The molecular formula is C18H15N3O3. The minimum atomic E-state index is -0.874. The zero-order chi connectivity index (χ0) is 17.5. The lowest BCUT2D eigenvalue weighted by molar-refractivity contribution is -0.142. The second kappa shape index (κ2) is 7.66. The fraction of sp³-hybridized carbons (Fsp3) is 0.167. The molecule has 120 valence electrons. The van der Waals surface area contributed by atoms with Crippen LogP contribution in [0.15, 0.2) is 30.7 Å². The van der Waals surface area contributed by atoms with Gasteiger partial charge in [-0.2, -0.15) is 0 Å². The fourth-order valence-corrected chi connectivity index (χ4v) is 2.14. The summed E-state index contributed by atoms with van der Waals surface area (Å²) in [6.07, 6.45) is 14.0. The highest BCUT2D eigenvalue weighted by Gasteiger charge is 2.24. The number of esters is 1. The molecule has 0 fully saturated rings. The van der Waals surface area contributed by atoms with Crippen molar-refractivity contribution in [2.75, 3.05) is 7.11 Å². The number of nitrogens with zero attached hydrogens (tertiary/aromatic N) is 1. The van der Waals surface area contributed by atoms with Gasteiger partial charge in [-0.3, -0.25) is 4.79 Å². The molecule has 0 aliphatic heterocycles. The average molecular weight is 321 g/mol. The van der Waals surface area contributed by atoms with Crippen molar-refractivity contribution < 1.29 is 14.3 Å². The summed E-state index contributed by atoms with van der Waals surface area (Å²) in [6.45, 7) is 0. The predicted octanol–water partition coefficient (Wildman–Crippen LogP) is 0.886. The lowest BCUT2D eigenvalue weighted by Crippen LogP contribution is -2.43. The first kappa shape index (κ1) is 16.9. The van der Waals surface area contributed by atoms with E-state index in [1.54, 1.807) is 18.3 Å². The summed E-state index contributed by atoms with van der Waals surface area (Å²) >= 11 is 0. The summed E-state index contributed by atoms with van der Waals surface area (Å²) in [5, 5.41) is 2.63. The summed E-state index contributed by atoms with van der Waals surface area (Å²) in [5.41, 5.74) is 1.87. The van der Waals surface area contributed by atoms with E-state index in [0.29, 0.717) is 16.8 Å². The van der Waals surface area contributed by atoms with E-state index in [0.717, 1.165) is 0 Å². The predicted molar refractivity (Wildman–Crippen MR) is 87.9 cm³/mol. The van der Waals surface area contributed by atoms with Crippen LogP contribution in [0.5, 0.6) is 0 Å². The van der Waals surface area contributed by atoms with E-state index in [1.807, 2.05) is 0 Å². The van der Waals surface area contributed by atoms with Crippen molar-refractivity contribution in [1.29, 1.82) is 0 Å². The van der Waals surface area contributed by atoms with E-state index in [-0.39, 0.29) is 12.0 Å². The molecule has 6 heteroatoms. The van der Waals surface area contributed by atoms with E-state index in [4.69, 9.17) is 17.6 Å². The van der Waals surface area contributed by atoms with Gasteiger partial charge in [0, 0.05) is 29.4 Å². The molecule has 1 amide bonds. The number of hydrogen-bond donors (Lipinski definition) is 2. The highest BCUT2D eigenvalue weighted by Crippen LogP contribution is 2.12. The fourth-order valence-electron chi connectivity index (χ4n) is 2.14. The number of imidazole rings is 1. The molecule has 0 aliphatic carbocycles. The number of aromatic amines is 1. The number of rotatable bonds is 5. The van der Waals surface area contributed by atoms with Gasteiger partial charge in [0.15, 0.2) is 0 Å². The minimum absolute atomic E-state index is 0.215. The third kappa shape index (κ3) is 3.82. The molecule has 0 bridgehead atoms. The van der Waals surface area contributed by atoms with Crippen molar-refractivity contribution in [1.82, 2.24) is 15.3 Å². The summed E-state index contributed by atoms with van der Waals surface area (Å²) in [7, 11) is 1.25. The zero-order valence-electron chi connectivity index (χ0n) is 13.0. The summed E-state index contributed by atoms with van der Waals surface area (Å²) in [6, 6.07) is 3.83. The Bertz CT molecular complexity index is 826. The first-order valence-electron chi connectivity index (χ1n) is 7.02. The van der Waals surface area contributed by atoms with Gasteiger partial charge < -0.3 is 15.0 Å². The third-order valence-electron chi connectivity index (χ3n) is 3.36. The minimum Gasteiger partial charge on any atom is -0.467 e. The topological polar surface area (TPSA) is 84.1 Å². The Labute approximate surface area is 139 Å². The Kier molecular flexibility index (Phi) is 5.38. The molecule has 2 rings (SSSR count).